The van der Waals surface area contributed by atoms with Gasteiger partial charge in [-0.3, -0.25) is 4.79 Å². The molecule has 0 radical (unpaired) electrons. The third kappa shape index (κ3) is 9.25. The Morgan fingerprint density at radius 2 is 1.53 bits per heavy atom. The van der Waals surface area contributed by atoms with E-state index in [1.165, 1.54) is 52.0 Å². The van der Waals surface area contributed by atoms with Gasteiger partial charge < -0.3 is 25.3 Å². The average molecular weight is 735 g/mol. The fourth-order valence-corrected chi connectivity index (χ4v) is 7.70. The molecule has 7 heteroatoms. The fraction of sp³-hybridized carbons (Fsp3) is 0.271. The monoisotopic (exact) mass is 734 g/mol. The average Bonchev–Trinajstić information content (AvgIpc) is 3.49. The first kappa shape index (κ1) is 37.8. The van der Waals surface area contributed by atoms with Gasteiger partial charge in [-0.15, -0.1) is 0 Å². The molecule has 5 aromatic carbocycles. The van der Waals surface area contributed by atoms with Crippen LogP contribution in [-0.4, -0.2) is 55.6 Å². The van der Waals surface area contributed by atoms with Crippen LogP contribution in [0.15, 0.2) is 121 Å². The first-order chi connectivity index (χ1) is 27.0. The number of hydrogen-bond donors (Lipinski definition) is 3. The van der Waals surface area contributed by atoms with E-state index in [0.717, 1.165) is 73.4 Å². The molecule has 6 aromatic rings. The minimum atomic E-state index is -0.410. The maximum Gasteiger partial charge on any atom is 0.252 e. The molecule has 3 N–H and O–H groups in total. The van der Waals surface area contributed by atoms with Crippen molar-refractivity contribution in [1.29, 1.82) is 0 Å². The molecule has 6 nitrogen and oxygen atoms in total. The van der Waals surface area contributed by atoms with Gasteiger partial charge >= 0.3 is 0 Å². The molecule has 2 heterocycles. The number of aromatic amines is 1. The molecule has 55 heavy (non-hydrogen) atoms. The SMILES string of the molecule is CC/C(=C(\c1ccccc1)c1ccc(OCCN(C)CCCCCNCc2ccc(-c3[nH]c4cc(F)cc5c4c3CCNC5=O)cc2)cc1)c1ccccc1. The van der Waals surface area contributed by atoms with E-state index in [1.807, 2.05) is 0 Å². The summed E-state index contributed by atoms with van der Waals surface area (Å²) in [5.74, 6) is 0.264. The van der Waals surface area contributed by atoms with Gasteiger partial charge in [0.2, 0.25) is 0 Å². The standard InChI is InChI=1S/C48H51FN4O2/c1-3-41(35-13-7-4-8-14-35)45(36-15-9-5-10-16-36)37-21-23-40(24-22-37)55-30-29-53(2)28-12-6-11-26-50-33-34-17-19-38(20-18-34)47-42-25-27-51-48(54)43-31-39(49)32-44(52-47)46(42)43/h4-5,7-10,13-24,31-32,50,52H,3,6,11-12,25-30,33H2,1-2H3,(H,51,54)/b45-41-. The normalized spacial score (nSPS) is 13.1. The molecule has 0 spiro atoms. The van der Waals surface area contributed by atoms with Crippen LogP contribution in [0.25, 0.3) is 33.3 Å². The van der Waals surface area contributed by atoms with Crippen LogP contribution >= 0.6 is 0 Å². The first-order valence-corrected chi connectivity index (χ1v) is 19.7. The summed E-state index contributed by atoms with van der Waals surface area (Å²) in [7, 11) is 2.17. The van der Waals surface area contributed by atoms with Gasteiger partial charge in [-0.2, -0.15) is 0 Å². The summed E-state index contributed by atoms with van der Waals surface area (Å²) < 4.78 is 20.4. The number of aromatic nitrogens is 1. The van der Waals surface area contributed by atoms with E-state index in [0.29, 0.717) is 30.7 Å². The quantitative estimate of drug-likeness (QED) is 0.0645. The molecule has 282 valence electrons. The number of carbonyl (C=O) groups is 1. The van der Waals surface area contributed by atoms with Crippen molar-refractivity contribution in [2.75, 3.05) is 39.8 Å². The van der Waals surface area contributed by atoms with Crippen molar-refractivity contribution in [2.24, 2.45) is 0 Å². The Labute approximate surface area is 324 Å². The number of likely N-dealkylation sites (N-methyl/N-ethyl adjacent to an activating group) is 1. The number of ether oxygens (including phenoxy) is 1. The van der Waals surface area contributed by atoms with E-state index in [-0.39, 0.29) is 5.91 Å². The highest BCUT2D eigenvalue weighted by Gasteiger charge is 2.23. The van der Waals surface area contributed by atoms with Gasteiger partial charge in [-0.25, -0.2) is 4.39 Å². The summed E-state index contributed by atoms with van der Waals surface area (Å²) in [4.78, 5) is 18.3. The van der Waals surface area contributed by atoms with Crippen molar-refractivity contribution in [2.45, 2.75) is 45.6 Å². The maximum atomic E-state index is 14.3. The second-order valence-corrected chi connectivity index (χ2v) is 14.4. The van der Waals surface area contributed by atoms with Crippen LogP contribution in [0.3, 0.4) is 0 Å². The van der Waals surface area contributed by atoms with Crippen LogP contribution in [0.1, 0.15) is 70.8 Å². The highest BCUT2D eigenvalue weighted by molar-refractivity contribution is 6.10. The number of hydrogen-bond acceptors (Lipinski definition) is 4. The molecule has 1 aliphatic heterocycles. The second-order valence-electron chi connectivity index (χ2n) is 14.4. The van der Waals surface area contributed by atoms with E-state index in [9.17, 15) is 9.18 Å². The van der Waals surface area contributed by atoms with Crippen molar-refractivity contribution < 1.29 is 13.9 Å². The van der Waals surface area contributed by atoms with Crippen LogP contribution in [-0.2, 0) is 13.0 Å². The highest BCUT2D eigenvalue weighted by Crippen LogP contribution is 2.36. The highest BCUT2D eigenvalue weighted by atomic mass is 19.1. The number of nitrogens with zero attached hydrogens (tertiary/aromatic N) is 1. The van der Waals surface area contributed by atoms with Crippen molar-refractivity contribution >= 4 is 28.0 Å². The van der Waals surface area contributed by atoms with E-state index in [4.69, 9.17) is 4.74 Å². The first-order valence-electron chi connectivity index (χ1n) is 19.7. The van der Waals surface area contributed by atoms with Crippen LogP contribution in [0.2, 0.25) is 0 Å². The summed E-state index contributed by atoms with van der Waals surface area (Å²) in [6, 6.07) is 41.2. The molecule has 1 aromatic heterocycles. The number of rotatable bonds is 17. The van der Waals surface area contributed by atoms with Gasteiger partial charge in [-0.05, 0) is 115 Å². The summed E-state index contributed by atoms with van der Waals surface area (Å²) in [5, 5.41) is 7.31. The summed E-state index contributed by atoms with van der Waals surface area (Å²) in [5.41, 5.74) is 11.6. The number of halogens is 1. The van der Waals surface area contributed by atoms with Crippen LogP contribution in [0.5, 0.6) is 5.75 Å². The van der Waals surface area contributed by atoms with E-state index in [2.05, 4.69) is 144 Å². The number of carbonyl (C=O) groups excluding carboxylic acids is 1. The molecule has 0 unspecified atom stereocenters. The van der Waals surface area contributed by atoms with Crippen molar-refractivity contribution in [3.63, 3.8) is 0 Å². The Balaban J connectivity index is 0.822. The van der Waals surface area contributed by atoms with E-state index in [1.54, 1.807) is 0 Å². The Bertz CT molecular complexity index is 2210. The van der Waals surface area contributed by atoms with Gasteiger partial charge in [0.05, 0.1) is 5.56 Å². The Morgan fingerprint density at radius 1 is 0.818 bits per heavy atom. The zero-order valence-electron chi connectivity index (χ0n) is 32.0. The van der Waals surface area contributed by atoms with E-state index < -0.39 is 5.82 Å². The molecule has 0 fully saturated rings. The van der Waals surface area contributed by atoms with Crippen molar-refractivity contribution in [3.8, 4) is 17.0 Å². The number of nitrogens with one attached hydrogen (secondary N) is 3. The third-order valence-electron chi connectivity index (χ3n) is 10.6. The lowest BCUT2D eigenvalue weighted by molar-refractivity contribution is 0.0956. The molecule has 0 atom stereocenters. The van der Waals surface area contributed by atoms with Gasteiger partial charge in [0, 0.05) is 36.2 Å². The zero-order valence-corrected chi connectivity index (χ0v) is 32.0. The van der Waals surface area contributed by atoms with Crippen LogP contribution in [0, 0.1) is 5.82 Å². The predicted octanol–water partition coefficient (Wildman–Crippen LogP) is 9.90. The zero-order chi connectivity index (χ0) is 38.0. The van der Waals surface area contributed by atoms with Crippen molar-refractivity contribution in [1.82, 2.24) is 20.5 Å². The molecule has 0 aliphatic carbocycles. The maximum absolute atomic E-state index is 14.3. The Kier molecular flexibility index (Phi) is 12.5. The molecule has 1 aliphatic rings. The molecule has 0 bridgehead atoms. The van der Waals surface area contributed by atoms with Crippen molar-refractivity contribution in [3.05, 3.63) is 161 Å². The fourth-order valence-electron chi connectivity index (χ4n) is 7.70. The molecular formula is C48H51FN4O2. The summed E-state index contributed by atoms with van der Waals surface area (Å²) in [6.07, 6.45) is 5.09. The number of benzene rings is 5. The van der Waals surface area contributed by atoms with Crippen LogP contribution < -0.4 is 15.4 Å². The number of allylic oxidation sites excluding steroid dienone is 1. The topological polar surface area (TPSA) is 69.4 Å². The van der Waals surface area contributed by atoms with Gasteiger partial charge in [0.1, 0.15) is 18.2 Å². The molecule has 0 saturated carbocycles. The minimum Gasteiger partial charge on any atom is -0.492 e. The molecule has 1 amide bonds. The predicted molar refractivity (Wildman–Crippen MR) is 224 cm³/mol. The summed E-state index contributed by atoms with van der Waals surface area (Å²) >= 11 is 0. The summed E-state index contributed by atoms with van der Waals surface area (Å²) in [6.45, 7) is 7.12. The lowest BCUT2D eigenvalue weighted by Gasteiger charge is -2.18. The lowest BCUT2D eigenvalue weighted by Crippen LogP contribution is -2.25. The largest absolute Gasteiger partial charge is 0.492 e. The lowest BCUT2D eigenvalue weighted by atomic mass is 9.88. The minimum absolute atomic E-state index is 0.221. The van der Waals surface area contributed by atoms with Crippen LogP contribution in [0.4, 0.5) is 4.39 Å². The second kappa shape index (κ2) is 18.2. The number of amides is 1. The van der Waals surface area contributed by atoms with E-state index >= 15 is 0 Å². The van der Waals surface area contributed by atoms with Gasteiger partial charge in [0.25, 0.3) is 5.91 Å². The number of H-pyrrole nitrogens is 1. The number of unbranched alkanes of at least 4 members (excludes halogenated alkanes) is 2. The third-order valence-corrected chi connectivity index (χ3v) is 10.6. The van der Waals surface area contributed by atoms with Gasteiger partial charge in [0.15, 0.2) is 0 Å². The Hall–Kier alpha value is -5.50. The molecule has 0 saturated heterocycles. The Morgan fingerprint density at radius 3 is 2.25 bits per heavy atom. The van der Waals surface area contributed by atoms with Gasteiger partial charge in [-0.1, -0.05) is 110 Å². The molecular weight excluding hydrogens is 684 g/mol. The molecule has 7 rings (SSSR count). The smallest absolute Gasteiger partial charge is 0.252 e.